The molecule has 0 bridgehead atoms. The first-order valence-electron chi connectivity index (χ1n) is 10.6. The summed E-state index contributed by atoms with van der Waals surface area (Å²) in [6.45, 7) is 2.46. The number of para-hydroxylation sites is 1. The molecule has 1 amide bonds. The largest absolute Gasteiger partial charge is 0.486 e. The third-order valence-corrected chi connectivity index (χ3v) is 7.03. The first-order valence-corrected chi connectivity index (χ1v) is 12.3. The van der Waals surface area contributed by atoms with Crippen LogP contribution in [0.2, 0.25) is 0 Å². The molecule has 4 rings (SSSR count). The molecule has 0 radical (unpaired) electrons. The van der Waals surface area contributed by atoms with Gasteiger partial charge in [0.1, 0.15) is 18.0 Å². The highest BCUT2D eigenvalue weighted by Gasteiger charge is 2.15. The van der Waals surface area contributed by atoms with Gasteiger partial charge >= 0.3 is 0 Å². The number of hydrogen-bond acceptors (Lipinski definition) is 5. The highest BCUT2D eigenvalue weighted by atomic mass is 32.2. The standard InChI is InChI=1S/C25H25N3O4S/c1-19-9-7-15-28-17-20(27-24(19)28)18-32-23-13-6-5-12-22(23)25(29)26-14-8-16-33(30,31)21-10-3-2-4-11-21/h2-7,9-13,15,17H,8,14,16,18H2,1H3,(H,26,29). The van der Waals surface area contributed by atoms with Crippen molar-refractivity contribution < 1.29 is 17.9 Å². The number of pyridine rings is 1. The molecule has 7 nitrogen and oxygen atoms in total. The summed E-state index contributed by atoms with van der Waals surface area (Å²) in [4.78, 5) is 17.6. The summed E-state index contributed by atoms with van der Waals surface area (Å²) in [6.07, 6.45) is 4.14. The molecule has 0 aliphatic heterocycles. The number of sulfone groups is 1. The van der Waals surface area contributed by atoms with E-state index in [1.165, 1.54) is 0 Å². The third-order valence-electron chi connectivity index (χ3n) is 5.21. The van der Waals surface area contributed by atoms with Crippen LogP contribution in [0.4, 0.5) is 0 Å². The minimum absolute atomic E-state index is 0.0389. The van der Waals surface area contributed by atoms with Crippen LogP contribution < -0.4 is 10.1 Å². The number of aryl methyl sites for hydroxylation is 1. The van der Waals surface area contributed by atoms with Crippen LogP contribution >= 0.6 is 0 Å². The van der Waals surface area contributed by atoms with Gasteiger partial charge in [0, 0.05) is 18.9 Å². The molecule has 1 N–H and O–H groups in total. The molecular formula is C25H25N3O4S. The van der Waals surface area contributed by atoms with Gasteiger partial charge in [-0.05, 0) is 49.2 Å². The smallest absolute Gasteiger partial charge is 0.255 e. The Kier molecular flexibility index (Phi) is 6.74. The fourth-order valence-electron chi connectivity index (χ4n) is 3.51. The molecule has 0 aliphatic rings. The lowest BCUT2D eigenvalue weighted by molar-refractivity contribution is 0.0949. The van der Waals surface area contributed by atoms with Crippen molar-refractivity contribution in [3.8, 4) is 5.75 Å². The predicted octanol–water partition coefficient (Wildman–Crippen LogP) is 3.82. The first-order chi connectivity index (χ1) is 15.9. The molecular weight excluding hydrogens is 438 g/mol. The second kappa shape index (κ2) is 9.87. The van der Waals surface area contributed by atoms with Crippen molar-refractivity contribution in [2.45, 2.75) is 24.8 Å². The van der Waals surface area contributed by atoms with E-state index < -0.39 is 9.84 Å². The molecule has 2 aromatic heterocycles. The molecule has 0 saturated carbocycles. The molecule has 0 saturated heterocycles. The van der Waals surface area contributed by atoms with E-state index in [4.69, 9.17) is 4.74 Å². The Bertz CT molecular complexity index is 1360. The Balaban J connectivity index is 1.34. The Morgan fingerprint density at radius 3 is 2.58 bits per heavy atom. The van der Waals surface area contributed by atoms with Gasteiger partial charge in [-0.2, -0.15) is 0 Å². The van der Waals surface area contributed by atoms with Gasteiger partial charge in [0.2, 0.25) is 0 Å². The summed E-state index contributed by atoms with van der Waals surface area (Å²) in [6, 6.07) is 19.2. The van der Waals surface area contributed by atoms with E-state index in [1.807, 2.05) is 35.9 Å². The number of carbonyl (C=O) groups excluding carboxylic acids is 1. The number of imidazole rings is 1. The molecule has 0 fully saturated rings. The maximum Gasteiger partial charge on any atom is 0.255 e. The summed E-state index contributed by atoms with van der Waals surface area (Å²) in [5.74, 6) is 0.0946. The van der Waals surface area contributed by atoms with Crippen molar-refractivity contribution >= 4 is 21.4 Å². The number of benzene rings is 2. The quantitative estimate of drug-likeness (QED) is 0.381. The van der Waals surface area contributed by atoms with Crippen LogP contribution in [0.1, 0.15) is 28.0 Å². The van der Waals surface area contributed by atoms with Crippen molar-refractivity contribution in [2.75, 3.05) is 12.3 Å². The zero-order chi connectivity index (χ0) is 23.3. The highest BCUT2D eigenvalue weighted by molar-refractivity contribution is 7.91. The van der Waals surface area contributed by atoms with Crippen molar-refractivity contribution in [3.63, 3.8) is 0 Å². The molecule has 0 unspecified atom stereocenters. The van der Waals surface area contributed by atoms with Gasteiger partial charge in [-0.15, -0.1) is 0 Å². The van der Waals surface area contributed by atoms with Crippen LogP contribution in [0.25, 0.3) is 5.65 Å². The van der Waals surface area contributed by atoms with E-state index in [9.17, 15) is 13.2 Å². The molecule has 0 atom stereocenters. The predicted molar refractivity (Wildman–Crippen MR) is 126 cm³/mol. The fourth-order valence-corrected chi connectivity index (χ4v) is 4.84. The average molecular weight is 464 g/mol. The van der Waals surface area contributed by atoms with Gasteiger partial charge in [-0.1, -0.05) is 36.4 Å². The van der Waals surface area contributed by atoms with Crippen LogP contribution in [-0.4, -0.2) is 36.0 Å². The van der Waals surface area contributed by atoms with Crippen LogP contribution in [0, 0.1) is 6.92 Å². The average Bonchev–Trinajstić information content (AvgIpc) is 3.26. The van der Waals surface area contributed by atoms with E-state index in [-0.39, 0.29) is 29.7 Å². The molecule has 0 aliphatic carbocycles. The SMILES string of the molecule is Cc1cccn2cc(COc3ccccc3C(=O)NCCCS(=O)(=O)c3ccccc3)nc12. The number of hydrogen-bond donors (Lipinski definition) is 1. The van der Waals surface area contributed by atoms with Crippen molar-refractivity contribution in [1.29, 1.82) is 0 Å². The van der Waals surface area contributed by atoms with Gasteiger partial charge in [0.25, 0.3) is 5.91 Å². The number of ether oxygens (including phenoxy) is 1. The number of amides is 1. The van der Waals surface area contributed by atoms with Gasteiger partial charge in [0.15, 0.2) is 9.84 Å². The lowest BCUT2D eigenvalue weighted by atomic mass is 10.2. The van der Waals surface area contributed by atoms with Crippen LogP contribution in [-0.2, 0) is 16.4 Å². The Morgan fingerprint density at radius 1 is 1.03 bits per heavy atom. The molecule has 4 aromatic rings. The Hall–Kier alpha value is -3.65. The number of nitrogens with zero attached hydrogens (tertiary/aromatic N) is 2. The molecule has 0 spiro atoms. The van der Waals surface area contributed by atoms with Crippen molar-refractivity contribution in [2.24, 2.45) is 0 Å². The van der Waals surface area contributed by atoms with E-state index >= 15 is 0 Å². The number of nitrogens with one attached hydrogen (secondary N) is 1. The van der Waals surface area contributed by atoms with Crippen molar-refractivity contribution in [1.82, 2.24) is 14.7 Å². The normalized spacial score (nSPS) is 11.4. The maximum atomic E-state index is 12.7. The van der Waals surface area contributed by atoms with Crippen LogP contribution in [0.15, 0.2) is 84.0 Å². The first kappa shape index (κ1) is 22.5. The maximum absolute atomic E-state index is 12.7. The topological polar surface area (TPSA) is 89.8 Å². The summed E-state index contributed by atoms with van der Waals surface area (Å²) in [7, 11) is -3.37. The van der Waals surface area contributed by atoms with Crippen LogP contribution in [0.3, 0.4) is 0 Å². The minimum atomic E-state index is -3.37. The van der Waals surface area contributed by atoms with E-state index in [2.05, 4.69) is 10.3 Å². The van der Waals surface area contributed by atoms with Gasteiger partial charge in [0.05, 0.1) is 21.9 Å². The van der Waals surface area contributed by atoms with Gasteiger partial charge in [-0.3, -0.25) is 4.79 Å². The summed E-state index contributed by atoms with van der Waals surface area (Å²) >= 11 is 0. The second-order valence-electron chi connectivity index (χ2n) is 7.68. The van der Waals surface area contributed by atoms with E-state index in [0.29, 0.717) is 17.7 Å². The number of aromatic nitrogens is 2. The minimum Gasteiger partial charge on any atom is -0.486 e. The van der Waals surface area contributed by atoms with Crippen LogP contribution in [0.5, 0.6) is 5.75 Å². The third kappa shape index (κ3) is 5.40. The Labute approximate surface area is 193 Å². The lowest BCUT2D eigenvalue weighted by Gasteiger charge is -2.11. The zero-order valence-corrected chi connectivity index (χ0v) is 19.1. The number of carbonyl (C=O) groups is 1. The highest BCUT2D eigenvalue weighted by Crippen LogP contribution is 2.20. The summed E-state index contributed by atoms with van der Waals surface area (Å²) < 4.78 is 32.6. The molecule has 8 heteroatoms. The molecule has 33 heavy (non-hydrogen) atoms. The molecule has 2 aromatic carbocycles. The van der Waals surface area contributed by atoms with Gasteiger partial charge in [-0.25, -0.2) is 13.4 Å². The molecule has 170 valence electrons. The number of rotatable bonds is 9. The Morgan fingerprint density at radius 2 is 1.79 bits per heavy atom. The number of fused-ring (bicyclic) bond motifs is 1. The summed E-state index contributed by atoms with van der Waals surface area (Å²) in [5.41, 5.74) is 3.08. The van der Waals surface area contributed by atoms with Crippen molar-refractivity contribution in [3.05, 3.63) is 95.9 Å². The van der Waals surface area contributed by atoms with E-state index in [0.717, 1.165) is 16.9 Å². The second-order valence-corrected chi connectivity index (χ2v) is 9.79. The summed E-state index contributed by atoms with van der Waals surface area (Å²) in [5, 5.41) is 2.79. The lowest BCUT2D eigenvalue weighted by Crippen LogP contribution is -2.26. The molecule has 2 heterocycles. The van der Waals surface area contributed by atoms with E-state index in [1.54, 1.807) is 54.6 Å². The zero-order valence-electron chi connectivity index (χ0n) is 18.3. The monoisotopic (exact) mass is 463 g/mol. The van der Waals surface area contributed by atoms with Gasteiger partial charge < -0.3 is 14.5 Å². The fraction of sp³-hybridized carbons (Fsp3) is 0.200.